The number of ether oxygens (including phenoxy) is 1. The lowest BCUT2D eigenvalue weighted by Crippen LogP contribution is -2.43. The Kier molecular flexibility index (Phi) is 1.25. The summed E-state index contributed by atoms with van der Waals surface area (Å²) in [6.07, 6.45) is 7.96. The third kappa shape index (κ3) is 0.679. The van der Waals surface area contributed by atoms with Gasteiger partial charge in [-0.3, -0.25) is 0 Å². The summed E-state index contributed by atoms with van der Waals surface area (Å²) >= 11 is 0. The second-order valence-corrected chi connectivity index (χ2v) is 4.36. The average molecular weight is 165 g/mol. The van der Waals surface area contributed by atoms with Gasteiger partial charge in [0.1, 0.15) is 0 Å². The lowest BCUT2D eigenvalue weighted by Gasteiger charge is -2.42. The molecule has 2 heteroatoms. The van der Waals surface area contributed by atoms with Crippen LogP contribution in [0.1, 0.15) is 12.8 Å². The van der Waals surface area contributed by atoms with Crippen molar-refractivity contribution in [2.45, 2.75) is 18.9 Å². The molecule has 2 N–H and O–H groups in total. The minimum atomic E-state index is 0.497. The van der Waals surface area contributed by atoms with Crippen LogP contribution in [0, 0.1) is 17.3 Å². The highest BCUT2D eigenvalue weighted by Crippen LogP contribution is 2.73. The van der Waals surface area contributed by atoms with Gasteiger partial charge in [0, 0.05) is 12.5 Å². The fourth-order valence-electron chi connectivity index (χ4n) is 3.03. The van der Waals surface area contributed by atoms with Crippen LogP contribution in [0.2, 0.25) is 0 Å². The minimum absolute atomic E-state index is 0.497. The van der Waals surface area contributed by atoms with E-state index in [9.17, 15) is 0 Å². The quantitative estimate of drug-likeness (QED) is 0.631. The lowest BCUT2D eigenvalue weighted by molar-refractivity contribution is -0.0749. The van der Waals surface area contributed by atoms with Crippen molar-refractivity contribution >= 4 is 0 Å². The largest absolute Gasteiger partial charge is 0.376 e. The molecule has 2 saturated carbocycles. The molecule has 0 aliphatic heterocycles. The highest BCUT2D eigenvalue weighted by atomic mass is 16.5. The molecule has 0 amide bonds. The smallest absolute Gasteiger partial charge is 0.0649 e. The van der Waals surface area contributed by atoms with Gasteiger partial charge in [0.05, 0.1) is 12.7 Å². The lowest BCUT2D eigenvalue weighted by atomic mass is 9.69. The number of hydrogen-bond acceptors (Lipinski definition) is 2. The standard InChI is InChI=1S/C10H15NO/c11-3-4-12-9-6-10-5-7(10)1-2-8(9)10/h1-2,7-9H,3-6,11H2. The van der Waals surface area contributed by atoms with Gasteiger partial charge in [0.2, 0.25) is 0 Å². The first-order valence-electron chi connectivity index (χ1n) is 4.87. The average Bonchev–Trinajstić information content (AvgIpc) is 2.69. The van der Waals surface area contributed by atoms with E-state index in [0.29, 0.717) is 18.1 Å². The van der Waals surface area contributed by atoms with E-state index >= 15 is 0 Å². The molecule has 0 aromatic carbocycles. The molecule has 3 aliphatic carbocycles. The topological polar surface area (TPSA) is 35.2 Å². The van der Waals surface area contributed by atoms with Gasteiger partial charge in [-0.25, -0.2) is 0 Å². The molecule has 12 heavy (non-hydrogen) atoms. The highest BCUT2D eigenvalue weighted by molar-refractivity contribution is 5.32. The van der Waals surface area contributed by atoms with Crippen LogP contribution in [0.5, 0.6) is 0 Å². The number of nitrogens with two attached hydrogens (primary N) is 1. The van der Waals surface area contributed by atoms with Crippen LogP contribution >= 0.6 is 0 Å². The molecule has 0 radical (unpaired) electrons. The predicted octanol–water partition coefficient (Wildman–Crippen LogP) is 0.926. The van der Waals surface area contributed by atoms with Crippen LogP contribution in [0.15, 0.2) is 12.2 Å². The number of hydrogen-bond donors (Lipinski definition) is 1. The van der Waals surface area contributed by atoms with Crippen molar-refractivity contribution in [3.05, 3.63) is 12.2 Å². The Bertz CT molecular complexity index is 238. The normalized spacial score (nSPS) is 52.9. The maximum atomic E-state index is 5.66. The first-order valence-corrected chi connectivity index (χ1v) is 4.87. The Morgan fingerprint density at radius 2 is 2.33 bits per heavy atom. The molecule has 2 fully saturated rings. The molecule has 0 aromatic heterocycles. The van der Waals surface area contributed by atoms with E-state index in [0.717, 1.165) is 18.4 Å². The van der Waals surface area contributed by atoms with E-state index in [1.165, 1.54) is 12.8 Å². The molecule has 3 aliphatic rings. The van der Waals surface area contributed by atoms with Crippen molar-refractivity contribution in [1.29, 1.82) is 0 Å². The fraction of sp³-hybridized carbons (Fsp3) is 0.800. The maximum Gasteiger partial charge on any atom is 0.0649 e. The molecule has 2 nitrogen and oxygen atoms in total. The molecular weight excluding hydrogens is 150 g/mol. The number of allylic oxidation sites excluding steroid dienone is 1. The van der Waals surface area contributed by atoms with E-state index in [-0.39, 0.29) is 0 Å². The first kappa shape index (κ1) is 7.10. The fourth-order valence-corrected chi connectivity index (χ4v) is 3.03. The third-order valence-corrected chi connectivity index (χ3v) is 3.82. The van der Waals surface area contributed by atoms with Gasteiger partial charge in [0.25, 0.3) is 0 Å². The van der Waals surface area contributed by atoms with Gasteiger partial charge in [-0.2, -0.15) is 0 Å². The number of rotatable bonds is 3. The van der Waals surface area contributed by atoms with Gasteiger partial charge in [-0.1, -0.05) is 12.2 Å². The first-order chi connectivity index (χ1) is 5.87. The van der Waals surface area contributed by atoms with Crippen LogP contribution in [-0.4, -0.2) is 19.3 Å². The van der Waals surface area contributed by atoms with Crippen molar-refractivity contribution in [3.8, 4) is 0 Å². The highest BCUT2D eigenvalue weighted by Gasteiger charge is 2.69. The van der Waals surface area contributed by atoms with E-state index in [2.05, 4.69) is 12.2 Å². The van der Waals surface area contributed by atoms with Crippen LogP contribution in [0.3, 0.4) is 0 Å². The monoisotopic (exact) mass is 165 g/mol. The molecule has 4 unspecified atom stereocenters. The van der Waals surface area contributed by atoms with Crippen molar-refractivity contribution in [3.63, 3.8) is 0 Å². The molecule has 1 spiro atoms. The second kappa shape index (κ2) is 2.12. The van der Waals surface area contributed by atoms with E-state index in [4.69, 9.17) is 10.5 Å². The predicted molar refractivity (Wildman–Crippen MR) is 46.6 cm³/mol. The molecule has 0 bridgehead atoms. The zero-order chi connectivity index (χ0) is 8.18. The summed E-state index contributed by atoms with van der Waals surface area (Å²) in [5.74, 6) is 1.66. The van der Waals surface area contributed by atoms with Crippen molar-refractivity contribution in [1.82, 2.24) is 0 Å². The van der Waals surface area contributed by atoms with Crippen molar-refractivity contribution in [2.75, 3.05) is 13.2 Å². The van der Waals surface area contributed by atoms with Gasteiger partial charge in [0.15, 0.2) is 0 Å². The van der Waals surface area contributed by atoms with E-state index < -0.39 is 0 Å². The Morgan fingerprint density at radius 1 is 1.42 bits per heavy atom. The molecule has 66 valence electrons. The molecular formula is C10H15NO. The molecule has 3 rings (SSSR count). The molecule has 0 saturated heterocycles. The Hall–Kier alpha value is -0.340. The molecule has 0 aromatic rings. The van der Waals surface area contributed by atoms with Gasteiger partial charge in [-0.15, -0.1) is 0 Å². The summed E-state index contributed by atoms with van der Waals surface area (Å²) in [5.41, 5.74) is 6.09. The van der Waals surface area contributed by atoms with Crippen LogP contribution in [0.25, 0.3) is 0 Å². The van der Waals surface area contributed by atoms with Crippen molar-refractivity contribution in [2.24, 2.45) is 23.0 Å². The third-order valence-electron chi connectivity index (χ3n) is 3.82. The summed E-state index contributed by atoms with van der Waals surface area (Å²) in [4.78, 5) is 0. The van der Waals surface area contributed by atoms with Gasteiger partial charge >= 0.3 is 0 Å². The second-order valence-electron chi connectivity index (χ2n) is 4.36. The molecule has 0 heterocycles. The van der Waals surface area contributed by atoms with Gasteiger partial charge in [-0.05, 0) is 24.2 Å². The van der Waals surface area contributed by atoms with Crippen LogP contribution in [-0.2, 0) is 4.74 Å². The van der Waals surface area contributed by atoms with Gasteiger partial charge < -0.3 is 10.5 Å². The Labute approximate surface area is 72.8 Å². The zero-order valence-corrected chi connectivity index (χ0v) is 7.20. The molecule has 4 atom stereocenters. The summed E-state index contributed by atoms with van der Waals surface area (Å²) in [6, 6.07) is 0. The summed E-state index contributed by atoms with van der Waals surface area (Å²) < 4.78 is 5.66. The minimum Gasteiger partial charge on any atom is -0.376 e. The Balaban J connectivity index is 1.62. The maximum absolute atomic E-state index is 5.66. The summed E-state index contributed by atoms with van der Waals surface area (Å²) in [7, 11) is 0. The zero-order valence-electron chi connectivity index (χ0n) is 7.20. The summed E-state index contributed by atoms with van der Waals surface area (Å²) in [6.45, 7) is 1.39. The van der Waals surface area contributed by atoms with E-state index in [1.807, 2.05) is 0 Å². The van der Waals surface area contributed by atoms with Crippen LogP contribution in [0.4, 0.5) is 0 Å². The van der Waals surface area contributed by atoms with Crippen molar-refractivity contribution < 1.29 is 4.74 Å². The van der Waals surface area contributed by atoms with Crippen LogP contribution < -0.4 is 5.73 Å². The Morgan fingerprint density at radius 3 is 3.00 bits per heavy atom. The SMILES string of the molecule is NCCOC1CC23CC2C=CC13. The van der Waals surface area contributed by atoms with E-state index in [1.54, 1.807) is 0 Å². The summed E-state index contributed by atoms with van der Waals surface area (Å²) in [5, 5.41) is 0.